The molecule has 2 N–H and O–H groups in total. The van der Waals surface area contributed by atoms with Crippen molar-refractivity contribution in [2.75, 3.05) is 19.4 Å². The molecule has 2 aliphatic heterocycles. The van der Waals surface area contributed by atoms with Crippen molar-refractivity contribution in [1.82, 2.24) is 24.3 Å². The first-order chi connectivity index (χ1) is 24.8. The van der Waals surface area contributed by atoms with E-state index in [1.165, 1.54) is 15.6 Å². The summed E-state index contributed by atoms with van der Waals surface area (Å²) in [6.45, 7) is 6.02. The van der Waals surface area contributed by atoms with Crippen LogP contribution in [0.3, 0.4) is 0 Å². The zero-order valence-corrected chi connectivity index (χ0v) is 32.2. The second-order valence-corrected chi connectivity index (χ2v) is 19.4. The molecule has 0 radical (unpaired) electrons. The summed E-state index contributed by atoms with van der Waals surface area (Å²) >= 11 is 1.48. The van der Waals surface area contributed by atoms with E-state index in [1.54, 1.807) is 7.11 Å². The van der Waals surface area contributed by atoms with E-state index in [0.29, 0.717) is 60.2 Å². The van der Waals surface area contributed by atoms with E-state index in [-0.39, 0.29) is 24.6 Å². The first-order valence-electron chi connectivity index (χ1n) is 17.9. The SMILES string of the molecule is COc1ccc2c(O[C@@H]3C[C@H]4C(=O)N[C@H]5[C@H](/C=C\CCCCCS(=O)(=O)N4C3)[C@@H]5C(=O)NS(=O)(=O)C3CC3)cc(-c3nc(C(C)C)cs3)nc2c1C. The van der Waals surface area contributed by atoms with Gasteiger partial charge in [-0.05, 0) is 57.1 Å². The summed E-state index contributed by atoms with van der Waals surface area (Å²) in [6, 6.07) is 3.77. The maximum Gasteiger partial charge on any atom is 0.239 e. The van der Waals surface area contributed by atoms with Crippen LogP contribution in [0.15, 0.2) is 35.7 Å². The summed E-state index contributed by atoms with van der Waals surface area (Å²) in [7, 11) is -6.04. The van der Waals surface area contributed by atoms with Gasteiger partial charge in [0, 0.05) is 40.8 Å². The molecule has 1 saturated heterocycles. The molecular formula is C36H45N5O8S3. The van der Waals surface area contributed by atoms with Gasteiger partial charge >= 0.3 is 0 Å². The summed E-state index contributed by atoms with van der Waals surface area (Å²) in [4.78, 5) is 36.9. The van der Waals surface area contributed by atoms with E-state index in [2.05, 4.69) is 23.9 Å². The zero-order chi connectivity index (χ0) is 36.9. The molecule has 7 rings (SSSR count). The number of sulfonamides is 2. The highest BCUT2D eigenvalue weighted by molar-refractivity contribution is 7.91. The number of aromatic nitrogens is 2. The molecule has 2 amide bonds. The highest BCUT2D eigenvalue weighted by Gasteiger charge is 2.57. The number of amides is 2. The third-order valence-electron chi connectivity index (χ3n) is 10.4. The fourth-order valence-corrected chi connectivity index (χ4v) is 11.2. The van der Waals surface area contributed by atoms with Crippen molar-refractivity contribution in [2.24, 2.45) is 11.8 Å². The molecule has 0 unspecified atom stereocenters. The van der Waals surface area contributed by atoms with E-state index < -0.39 is 67.1 Å². The van der Waals surface area contributed by atoms with Crippen LogP contribution in [0.25, 0.3) is 21.6 Å². The number of thiazole rings is 1. The molecular weight excluding hydrogens is 727 g/mol. The average Bonchev–Trinajstić information content (AvgIpc) is 3.96. The lowest BCUT2D eigenvalue weighted by molar-refractivity contribution is -0.124. The van der Waals surface area contributed by atoms with Crippen LogP contribution in [-0.4, -0.2) is 85.8 Å². The molecule has 1 aromatic carbocycles. The van der Waals surface area contributed by atoms with Gasteiger partial charge in [-0.15, -0.1) is 11.3 Å². The Kier molecular flexibility index (Phi) is 10.1. The Balaban J connectivity index is 1.18. The first-order valence-corrected chi connectivity index (χ1v) is 21.9. The van der Waals surface area contributed by atoms with Crippen LogP contribution < -0.4 is 19.5 Å². The molecule has 0 bridgehead atoms. The number of allylic oxidation sites excluding steroid dienone is 1. The Labute approximate surface area is 308 Å². The van der Waals surface area contributed by atoms with E-state index >= 15 is 0 Å². The van der Waals surface area contributed by atoms with Crippen LogP contribution in [-0.2, 0) is 29.6 Å². The van der Waals surface area contributed by atoms with Crippen LogP contribution in [0.1, 0.15) is 76.0 Å². The molecule has 4 aliphatic rings. The van der Waals surface area contributed by atoms with Gasteiger partial charge in [-0.3, -0.25) is 14.3 Å². The summed E-state index contributed by atoms with van der Waals surface area (Å²) in [5.74, 6) is -1.09. The van der Waals surface area contributed by atoms with Gasteiger partial charge in [-0.1, -0.05) is 32.4 Å². The molecule has 3 aromatic rings. The van der Waals surface area contributed by atoms with E-state index in [1.807, 2.05) is 42.7 Å². The largest absolute Gasteiger partial charge is 0.496 e. The number of carbonyl (C=O) groups is 2. The quantitative estimate of drug-likeness (QED) is 0.312. The topological polar surface area (TPSA) is 174 Å². The van der Waals surface area contributed by atoms with Crippen molar-refractivity contribution in [3.8, 4) is 22.2 Å². The van der Waals surface area contributed by atoms with Gasteiger partial charge in [-0.25, -0.2) is 26.8 Å². The average molecular weight is 772 g/mol. The van der Waals surface area contributed by atoms with Gasteiger partial charge < -0.3 is 14.8 Å². The number of hydrogen-bond donors (Lipinski definition) is 2. The molecule has 2 saturated carbocycles. The third-order valence-corrected chi connectivity index (χ3v) is 15.0. The minimum Gasteiger partial charge on any atom is -0.496 e. The number of nitrogens with zero attached hydrogens (tertiary/aromatic N) is 3. The maximum absolute atomic E-state index is 14.0. The second kappa shape index (κ2) is 14.3. The fraction of sp³-hybridized carbons (Fsp3) is 0.556. The molecule has 280 valence electrons. The van der Waals surface area contributed by atoms with Gasteiger partial charge in [0.05, 0.1) is 41.8 Å². The van der Waals surface area contributed by atoms with Crippen LogP contribution in [0, 0.1) is 18.8 Å². The molecule has 2 aromatic heterocycles. The van der Waals surface area contributed by atoms with Gasteiger partial charge in [0.1, 0.15) is 34.3 Å². The normalized spacial score (nSPS) is 27.2. The molecule has 5 atom stereocenters. The molecule has 13 nitrogen and oxygen atoms in total. The lowest BCUT2D eigenvalue weighted by Crippen LogP contribution is -2.48. The lowest BCUT2D eigenvalue weighted by Gasteiger charge is -2.23. The molecule has 2 aliphatic carbocycles. The number of methoxy groups -OCH3 is 1. The third kappa shape index (κ3) is 7.44. The Morgan fingerprint density at radius 2 is 1.92 bits per heavy atom. The summed E-state index contributed by atoms with van der Waals surface area (Å²) in [6.07, 6.45) is 6.79. The van der Waals surface area contributed by atoms with Crippen LogP contribution >= 0.6 is 11.3 Å². The van der Waals surface area contributed by atoms with Crippen molar-refractivity contribution in [3.63, 3.8) is 0 Å². The molecule has 3 fully saturated rings. The summed E-state index contributed by atoms with van der Waals surface area (Å²) in [5.41, 5.74) is 3.04. The summed E-state index contributed by atoms with van der Waals surface area (Å²) in [5, 5.41) is 5.80. The fourth-order valence-electron chi connectivity index (χ4n) is 7.18. The standard InChI is InChI=1S/C36H45N5O8S3/c1-20(2)27-19-50-36(38-27)26-17-30(24-13-14-29(48-4)21(3)32(24)37-26)49-22-16-28-34(42)39-33-25(31(33)35(43)40-52(46,47)23-11-12-23)10-8-6-5-7-9-15-51(44,45)41(28)18-22/h8,10,13-14,17,19-20,22-23,25,28,31,33H,5-7,9,11-12,15-16,18H2,1-4H3,(H,39,42)(H,40,43)/b10-8-/t22-,25-,28+,31+,33+/m1/s1. The van der Waals surface area contributed by atoms with Crippen molar-refractivity contribution >= 4 is 54.1 Å². The first kappa shape index (κ1) is 36.7. The Bertz CT molecular complexity index is 2130. The number of carbonyl (C=O) groups excluding carboxylic acids is 2. The number of nitrogens with one attached hydrogen (secondary N) is 2. The Morgan fingerprint density at radius 1 is 1.13 bits per heavy atom. The smallest absolute Gasteiger partial charge is 0.239 e. The number of benzene rings is 1. The number of aryl methyl sites for hydroxylation is 1. The van der Waals surface area contributed by atoms with Gasteiger partial charge in [0.15, 0.2) is 0 Å². The number of rotatable bonds is 8. The number of pyridine rings is 1. The molecule has 16 heteroatoms. The van der Waals surface area contributed by atoms with Gasteiger partial charge in [-0.2, -0.15) is 4.31 Å². The molecule has 4 heterocycles. The van der Waals surface area contributed by atoms with E-state index in [4.69, 9.17) is 19.4 Å². The predicted octanol–water partition coefficient (Wildman–Crippen LogP) is 4.42. The lowest BCUT2D eigenvalue weighted by atomic mass is 10.1. The number of hydrogen-bond acceptors (Lipinski definition) is 11. The van der Waals surface area contributed by atoms with Crippen LogP contribution in [0.2, 0.25) is 0 Å². The van der Waals surface area contributed by atoms with E-state index in [0.717, 1.165) is 22.7 Å². The van der Waals surface area contributed by atoms with Crippen molar-refractivity contribution in [1.29, 1.82) is 0 Å². The van der Waals surface area contributed by atoms with Crippen molar-refractivity contribution in [2.45, 2.75) is 95.1 Å². The number of ether oxygens (including phenoxy) is 2. The van der Waals surface area contributed by atoms with Gasteiger partial charge in [0.2, 0.25) is 31.9 Å². The molecule has 0 spiro atoms. The predicted molar refractivity (Wildman–Crippen MR) is 198 cm³/mol. The maximum atomic E-state index is 14.0. The number of fused-ring (bicyclic) bond motifs is 3. The van der Waals surface area contributed by atoms with E-state index in [9.17, 15) is 26.4 Å². The minimum atomic E-state index is -3.86. The Hall–Kier alpha value is -3.60. The van der Waals surface area contributed by atoms with Crippen molar-refractivity contribution in [3.05, 3.63) is 47.0 Å². The summed E-state index contributed by atoms with van der Waals surface area (Å²) < 4.78 is 68.4. The second-order valence-electron chi connectivity index (χ2n) is 14.5. The van der Waals surface area contributed by atoms with Gasteiger partial charge in [0.25, 0.3) is 0 Å². The Morgan fingerprint density at radius 3 is 2.63 bits per heavy atom. The molecule has 52 heavy (non-hydrogen) atoms. The van der Waals surface area contributed by atoms with Crippen LogP contribution in [0.5, 0.6) is 11.5 Å². The van der Waals surface area contributed by atoms with Crippen LogP contribution in [0.4, 0.5) is 0 Å². The monoisotopic (exact) mass is 771 g/mol. The van der Waals surface area contributed by atoms with Crippen molar-refractivity contribution < 1.29 is 35.9 Å². The highest BCUT2D eigenvalue weighted by Crippen LogP contribution is 2.43. The zero-order valence-electron chi connectivity index (χ0n) is 29.7. The highest BCUT2D eigenvalue weighted by atomic mass is 32.2. The minimum absolute atomic E-state index is 0.0407.